The number of carboxylic acid groups (broad SMARTS) is 1. The Labute approximate surface area is 106 Å². The van der Waals surface area contributed by atoms with E-state index in [4.69, 9.17) is 0 Å². The lowest BCUT2D eigenvalue weighted by Crippen LogP contribution is -2.26. The minimum absolute atomic E-state index is 0.207. The van der Waals surface area contributed by atoms with E-state index in [1.807, 2.05) is 13.1 Å². The molecule has 2 aliphatic rings. The maximum atomic E-state index is 11.3. The number of benzene rings is 1. The lowest BCUT2D eigenvalue weighted by Gasteiger charge is -2.29. The molecule has 2 N–H and O–H groups in total. The smallest absolute Gasteiger partial charge is 0.314 e. The Morgan fingerprint density at radius 3 is 2.72 bits per heavy atom. The summed E-state index contributed by atoms with van der Waals surface area (Å²) >= 11 is 0. The summed E-state index contributed by atoms with van der Waals surface area (Å²) in [6.45, 7) is 0.982. The Morgan fingerprint density at radius 2 is 2.11 bits per heavy atom. The quantitative estimate of drug-likeness (QED) is 0.837. The second kappa shape index (κ2) is 3.64. The Morgan fingerprint density at radius 1 is 1.39 bits per heavy atom. The average Bonchev–Trinajstić information content (AvgIpc) is 3.12. The van der Waals surface area contributed by atoms with Crippen molar-refractivity contribution in [3.63, 3.8) is 0 Å². The summed E-state index contributed by atoms with van der Waals surface area (Å²) in [5.41, 5.74) is 1.72. The molecule has 0 aromatic heterocycles. The molecule has 4 heteroatoms. The van der Waals surface area contributed by atoms with Crippen LogP contribution in [0.5, 0.6) is 5.75 Å². The van der Waals surface area contributed by atoms with Crippen molar-refractivity contribution >= 4 is 11.7 Å². The van der Waals surface area contributed by atoms with Crippen LogP contribution in [0.3, 0.4) is 0 Å². The second-order valence-electron chi connectivity index (χ2n) is 5.37. The number of carboxylic acids is 1. The Balaban J connectivity index is 2.12. The fourth-order valence-corrected chi connectivity index (χ4v) is 2.95. The lowest BCUT2D eigenvalue weighted by atomic mass is 9.89. The summed E-state index contributed by atoms with van der Waals surface area (Å²) in [4.78, 5) is 13.5. The van der Waals surface area contributed by atoms with Crippen molar-refractivity contribution in [2.75, 3.05) is 18.5 Å². The molecule has 0 atom stereocenters. The van der Waals surface area contributed by atoms with Gasteiger partial charge in [0, 0.05) is 30.4 Å². The van der Waals surface area contributed by atoms with Crippen LogP contribution in [0.2, 0.25) is 0 Å². The molecule has 96 valence electrons. The molecule has 0 saturated heterocycles. The molecule has 1 fully saturated rings. The van der Waals surface area contributed by atoms with Gasteiger partial charge in [0.15, 0.2) is 0 Å². The van der Waals surface area contributed by atoms with Gasteiger partial charge in [-0.3, -0.25) is 4.79 Å². The Hall–Kier alpha value is -1.71. The molecule has 0 amide bonds. The summed E-state index contributed by atoms with van der Waals surface area (Å²) in [6, 6.07) is 3.74. The molecular formula is C14H17NO3. The van der Waals surface area contributed by atoms with Crippen molar-refractivity contribution in [2.45, 2.75) is 31.1 Å². The highest BCUT2D eigenvalue weighted by Gasteiger charge is 2.53. The number of carbonyl (C=O) groups is 1. The molecule has 0 bridgehead atoms. The van der Waals surface area contributed by atoms with Crippen LogP contribution < -0.4 is 4.90 Å². The molecule has 18 heavy (non-hydrogen) atoms. The van der Waals surface area contributed by atoms with Crippen LogP contribution in [0.4, 0.5) is 5.69 Å². The number of phenols is 1. The molecule has 0 spiro atoms. The number of anilines is 1. The first-order valence-electron chi connectivity index (χ1n) is 6.36. The fourth-order valence-electron chi connectivity index (χ4n) is 2.95. The highest BCUT2D eigenvalue weighted by molar-refractivity contribution is 5.86. The van der Waals surface area contributed by atoms with Gasteiger partial charge < -0.3 is 15.1 Å². The van der Waals surface area contributed by atoms with Crippen LogP contribution in [-0.2, 0) is 16.6 Å². The van der Waals surface area contributed by atoms with Gasteiger partial charge in [0.2, 0.25) is 0 Å². The fraction of sp³-hybridized carbons (Fsp3) is 0.500. The Bertz CT molecular complexity index is 520. The zero-order chi connectivity index (χ0) is 12.9. The summed E-state index contributed by atoms with van der Waals surface area (Å²) in [5, 5.41) is 19.7. The summed E-state index contributed by atoms with van der Waals surface area (Å²) < 4.78 is 0. The Kier molecular flexibility index (Phi) is 2.30. The van der Waals surface area contributed by atoms with Gasteiger partial charge in [0.1, 0.15) is 5.75 Å². The first kappa shape index (κ1) is 11.4. The third kappa shape index (κ3) is 1.41. The first-order chi connectivity index (χ1) is 8.56. The summed E-state index contributed by atoms with van der Waals surface area (Å²) in [7, 11) is 2.00. The summed E-state index contributed by atoms with van der Waals surface area (Å²) in [6.07, 6.45) is 3.09. The number of rotatable bonds is 2. The highest BCUT2D eigenvalue weighted by atomic mass is 16.4. The molecule has 4 nitrogen and oxygen atoms in total. The van der Waals surface area contributed by atoms with Crippen molar-refractivity contribution in [1.29, 1.82) is 0 Å². The predicted molar refractivity (Wildman–Crippen MR) is 68.2 cm³/mol. The number of phenolic OH excluding ortho intramolecular Hbond substituents is 1. The van der Waals surface area contributed by atoms with Gasteiger partial charge in [-0.15, -0.1) is 0 Å². The van der Waals surface area contributed by atoms with Crippen molar-refractivity contribution in [3.05, 3.63) is 23.3 Å². The number of nitrogens with zero attached hydrogens (tertiary/aromatic N) is 1. The number of aromatic hydroxyl groups is 1. The third-order valence-corrected chi connectivity index (χ3v) is 4.26. The maximum absolute atomic E-state index is 11.3. The first-order valence-corrected chi connectivity index (χ1v) is 6.36. The topological polar surface area (TPSA) is 60.8 Å². The van der Waals surface area contributed by atoms with E-state index in [1.165, 1.54) is 0 Å². The van der Waals surface area contributed by atoms with E-state index in [9.17, 15) is 15.0 Å². The zero-order valence-electron chi connectivity index (χ0n) is 10.4. The molecule has 0 unspecified atom stereocenters. The standard InChI is InChI=1S/C14H17NO3/c1-15-8-2-3-9-11(15)5-4-10(12(9)16)14(6-7-14)13(17)18/h4-5,16H,2-3,6-8H2,1H3,(H,17,18). The number of hydrogen-bond donors (Lipinski definition) is 2. The monoisotopic (exact) mass is 247 g/mol. The number of hydrogen-bond acceptors (Lipinski definition) is 3. The van der Waals surface area contributed by atoms with Crippen LogP contribution in [0.1, 0.15) is 30.4 Å². The van der Waals surface area contributed by atoms with E-state index in [1.54, 1.807) is 6.07 Å². The molecule has 1 aromatic rings. The molecule has 1 aliphatic carbocycles. The normalized spacial score (nSPS) is 20.4. The molecule has 1 saturated carbocycles. The molecule has 3 rings (SSSR count). The lowest BCUT2D eigenvalue weighted by molar-refractivity contribution is -0.140. The van der Waals surface area contributed by atoms with Crippen LogP contribution >= 0.6 is 0 Å². The van der Waals surface area contributed by atoms with E-state index in [0.29, 0.717) is 18.4 Å². The number of aliphatic carboxylic acids is 1. The predicted octanol–water partition coefficient (Wildman–Crippen LogP) is 1.89. The number of fused-ring (bicyclic) bond motifs is 1. The largest absolute Gasteiger partial charge is 0.507 e. The van der Waals surface area contributed by atoms with Gasteiger partial charge in [0.25, 0.3) is 0 Å². The molecular weight excluding hydrogens is 230 g/mol. The van der Waals surface area contributed by atoms with E-state index in [-0.39, 0.29) is 5.75 Å². The van der Waals surface area contributed by atoms with Crippen molar-refractivity contribution < 1.29 is 15.0 Å². The van der Waals surface area contributed by atoms with Crippen molar-refractivity contribution in [1.82, 2.24) is 0 Å². The average molecular weight is 247 g/mol. The van der Waals surface area contributed by atoms with Gasteiger partial charge in [-0.2, -0.15) is 0 Å². The van der Waals surface area contributed by atoms with E-state index < -0.39 is 11.4 Å². The molecule has 1 heterocycles. The third-order valence-electron chi connectivity index (χ3n) is 4.26. The van der Waals surface area contributed by atoms with Crippen LogP contribution in [0, 0.1) is 0 Å². The zero-order valence-corrected chi connectivity index (χ0v) is 10.4. The minimum atomic E-state index is -0.824. The molecule has 1 aliphatic heterocycles. The van der Waals surface area contributed by atoms with E-state index in [2.05, 4.69) is 4.90 Å². The SMILES string of the molecule is CN1CCCc2c1ccc(C1(C(=O)O)CC1)c2O. The van der Waals surface area contributed by atoms with Gasteiger partial charge in [0.05, 0.1) is 5.41 Å². The van der Waals surface area contributed by atoms with Crippen LogP contribution in [0.15, 0.2) is 12.1 Å². The summed E-state index contributed by atoms with van der Waals surface area (Å²) in [5.74, 6) is -0.610. The molecule has 0 radical (unpaired) electrons. The van der Waals surface area contributed by atoms with Gasteiger partial charge in [-0.1, -0.05) is 6.07 Å². The minimum Gasteiger partial charge on any atom is -0.507 e. The van der Waals surface area contributed by atoms with E-state index in [0.717, 1.165) is 30.6 Å². The van der Waals surface area contributed by atoms with Crippen LogP contribution in [0.25, 0.3) is 0 Å². The highest BCUT2D eigenvalue weighted by Crippen LogP contribution is 2.53. The van der Waals surface area contributed by atoms with Crippen LogP contribution in [-0.4, -0.2) is 29.8 Å². The maximum Gasteiger partial charge on any atom is 0.314 e. The van der Waals surface area contributed by atoms with Gasteiger partial charge >= 0.3 is 5.97 Å². The van der Waals surface area contributed by atoms with Crippen molar-refractivity contribution in [2.24, 2.45) is 0 Å². The van der Waals surface area contributed by atoms with Crippen molar-refractivity contribution in [3.8, 4) is 5.75 Å². The van der Waals surface area contributed by atoms with Gasteiger partial charge in [-0.25, -0.2) is 0 Å². The molecule has 1 aromatic carbocycles. The second-order valence-corrected chi connectivity index (χ2v) is 5.37. The van der Waals surface area contributed by atoms with Gasteiger partial charge in [-0.05, 0) is 31.7 Å². The van der Waals surface area contributed by atoms with E-state index >= 15 is 0 Å².